The highest BCUT2D eigenvalue weighted by Crippen LogP contribution is 2.42. The van der Waals surface area contributed by atoms with E-state index < -0.39 is 12.1 Å². The molecule has 1 amide bonds. The van der Waals surface area contributed by atoms with Crippen LogP contribution in [-0.2, 0) is 10.2 Å². The SMILES string of the molecule is O=C(N1CC2(c3ccccc3)CCN1CC2)C(F)(F)F. The van der Waals surface area contributed by atoms with Crippen LogP contribution in [0.4, 0.5) is 13.2 Å². The number of amides is 1. The van der Waals surface area contributed by atoms with Crippen molar-refractivity contribution in [2.45, 2.75) is 24.4 Å². The van der Waals surface area contributed by atoms with E-state index in [1.165, 1.54) is 5.01 Å². The first-order valence-corrected chi connectivity index (χ1v) is 6.61. The van der Waals surface area contributed by atoms with Gasteiger partial charge in [-0.25, -0.2) is 5.01 Å². The maximum atomic E-state index is 12.7. The number of fused-ring (bicyclic) bond motifs is 3. The van der Waals surface area contributed by atoms with E-state index >= 15 is 0 Å². The smallest absolute Gasteiger partial charge is 0.267 e. The molecule has 3 aliphatic heterocycles. The van der Waals surface area contributed by atoms with Crippen LogP contribution in [0, 0.1) is 0 Å². The molecule has 1 aromatic carbocycles. The van der Waals surface area contributed by atoms with Gasteiger partial charge in [0.05, 0.1) is 0 Å². The average Bonchev–Trinajstić information content (AvgIpc) is 2.47. The van der Waals surface area contributed by atoms with Crippen molar-refractivity contribution >= 4 is 5.91 Å². The number of carbonyl (C=O) groups excluding carboxylic acids is 1. The van der Waals surface area contributed by atoms with Crippen LogP contribution in [0.3, 0.4) is 0 Å². The molecule has 3 fully saturated rings. The van der Waals surface area contributed by atoms with E-state index in [9.17, 15) is 18.0 Å². The third kappa shape index (κ3) is 2.08. The molecule has 0 N–H and O–H groups in total. The van der Waals surface area contributed by atoms with Crippen molar-refractivity contribution in [2.75, 3.05) is 19.6 Å². The molecule has 0 unspecified atom stereocenters. The number of rotatable bonds is 1. The van der Waals surface area contributed by atoms with Crippen molar-refractivity contribution in [3.05, 3.63) is 35.9 Å². The normalized spacial score (nSPS) is 29.6. The molecular formula is C14H15F3N2O. The van der Waals surface area contributed by atoms with E-state index in [2.05, 4.69) is 0 Å². The molecule has 108 valence electrons. The van der Waals surface area contributed by atoms with Crippen LogP contribution in [0.1, 0.15) is 18.4 Å². The summed E-state index contributed by atoms with van der Waals surface area (Å²) in [5.41, 5.74) is 0.691. The minimum atomic E-state index is -4.81. The van der Waals surface area contributed by atoms with E-state index in [4.69, 9.17) is 0 Å². The Labute approximate surface area is 114 Å². The third-order valence-electron chi connectivity index (χ3n) is 4.35. The van der Waals surface area contributed by atoms with Gasteiger partial charge in [0.15, 0.2) is 0 Å². The summed E-state index contributed by atoms with van der Waals surface area (Å²) in [6.45, 7) is 1.11. The van der Waals surface area contributed by atoms with Crippen molar-refractivity contribution in [3.8, 4) is 0 Å². The molecule has 0 radical (unpaired) electrons. The van der Waals surface area contributed by atoms with Gasteiger partial charge in [0.25, 0.3) is 0 Å². The fraction of sp³-hybridized carbons (Fsp3) is 0.500. The van der Waals surface area contributed by atoms with Crippen LogP contribution in [0.2, 0.25) is 0 Å². The monoisotopic (exact) mass is 284 g/mol. The van der Waals surface area contributed by atoms with Gasteiger partial charge in [-0.05, 0) is 18.4 Å². The zero-order chi connectivity index (χ0) is 14.4. The van der Waals surface area contributed by atoms with Crippen LogP contribution >= 0.6 is 0 Å². The van der Waals surface area contributed by atoms with Crippen molar-refractivity contribution < 1.29 is 18.0 Å². The second-order valence-electron chi connectivity index (χ2n) is 5.46. The molecule has 6 heteroatoms. The lowest BCUT2D eigenvalue weighted by Gasteiger charge is -2.54. The number of hydrazine groups is 1. The predicted molar refractivity (Wildman–Crippen MR) is 66.7 cm³/mol. The summed E-state index contributed by atoms with van der Waals surface area (Å²) >= 11 is 0. The Morgan fingerprint density at radius 2 is 1.70 bits per heavy atom. The Bertz CT molecular complexity index is 507. The zero-order valence-corrected chi connectivity index (χ0v) is 10.9. The van der Waals surface area contributed by atoms with Gasteiger partial charge in [-0.2, -0.15) is 13.2 Å². The second-order valence-corrected chi connectivity index (χ2v) is 5.46. The van der Waals surface area contributed by atoms with Crippen molar-refractivity contribution in [1.82, 2.24) is 10.0 Å². The minimum absolute atomic E-state index is 0.120. The molecule has 0 atom stereocenters. The summed E-state index contributed by atoms with van der Waals surface area (Å²) in [6, 6.07) is 9.55. The van der Waals surface area contributed by atoms with Gasteiger partial charge < -0.3 is 0 Å². The molecule has 3 nitrogen and oxygen atoms in total. The van der Waals surface area contributed by atoms with Gasteiger partial charge in [0.1, 0.15) is 0 Å². The van der Waals surface area contributed by atoms with Crippen LogP contribution in [-0.4, -0.2) is 41.7 Å². The molecule has 3 aliphatic rings. The summed E-state index contributed by atoms with van der Waals surface area (Å²) in [4.78, 5) is 11.5. The molecule has 3 heterocycles. The van der Waals surface area contributed by atoms with E-state index in [1.54, 1.807) is 0 Å². The topological polar surface area (TPSA) is 23.6 Å². The second kappa shape index (κ2) is 4.48. The largest absolute Gasteiger partial charge is 0.472 e. The number of nitrogens with zero attached hydrogens (tertiary/aromatic N) is 2. The molecule has 0 aromatic heterocycles. The first-order chi connectivity index (χ1) is 9.42. The molecule has 0 saturated carbocycles. The Morgan fingerprint density at radius 3 is 2.25 bits per heavy atom. The molecule has 20 heavy (non-hydrogen) atoms. The van der Waals surface area contributed by atoms with Crippen molar-refractivity contribution in [3.63, 3.8) is 0 Å². The first-order valence-electron chi connectivity index (χ1n) is 6.61. The first kappa shape index (κ1) is 13.4. The maximum Gasteiger partial charge on any atom is 0.472 e. The van der Waals surface area contributed by atoms with Crippen molar-refractivity contribution in [2.24, 2.45) is 0 Å². The van der Waals surface area contributed by atoms with Gasteiger partial charge in [-0.3, -0.25) is 9.80 Å². The predicted octanol–water partition coefficient (Wildman–Crippen LogP) is 2.34. The Morgan fingerprint density at radius 1 is 1.10 bits per heavy atom. The Hall–Kier alpha value is -1.56. The number of alkyl halides is 3. The maximum absolute atomic E-state index is 12.7. The van der Waals surface area contributed by atoms with Crippen molar-refractivity contribution in [1.29, 1.82) is 0 Å². The summed E-state index contributed by atoms with van der Waals surface area (Å²) in [6.07, 6.45) is -3.23. The lowest BCUT2D eigenvalue weighted by molar-refractivity contribution is -0.216. The number of carbonyl (C=O) groups is 1. The zero-order valence-electron chi connectivity index (χ0n) is 10.9. The lowest BCUT2D eigenvalue weighted by Crippen LogP contribution is -2.65. The number of hydrogen-bond acceptors (Lipinski definition) is 2. The molecule has 1 aromatic rings. The Kier molecular flexibility index (Phi) is 3.01. The van der Waals surface area contributed by atoms with E-state index in [0.29, 0.717) is 13.1 Å². The summed E-state index contributed by atoms with van der Waals surface area (Å²) < 4.78 is 38.0. The standard InChI is InChI=1S/C14H15F3N2O/c15-14(16,17)12(20)19-10-13(6-8-18(19)9-7-13)11-4-2-1-3-5-11/h1-5H,6-10H2. The molecule has 3 saturated heterocycles. The van der Waals surface area contributed by atoms with Gasteiger partial charge >= 0.3 is 12.1 Å². The summed E-state index contributed by atoms with van der Waals surface area (Å²) in [5, 5.41) is 2.42. The number of benzene rings is 1. The summed E-state index contributed by atoms with van der Waals surface area (Å²) in [7, 11) is 0. The van der Waals surface area contributed by atoms with Crippen LogP contribution in [0.25, 0.3) is 0 Å². The minimum Gasteiger partial charge on any atom is -0.267 e. The molecular weight excluding hydrogens is 269 g/mol. The average molecular weight is 284 g/mol. The summed E-state index contributed by atoms with van der Waals surface area (Å²) in [5.74, 6) is -1.75. The van der Waals surface area contributed by atoms with Crippen LogP contribution < -0.4 is 0 Å². The lowest BCUT2D eigenvalue weighted by atomic mass is 9.71. The fourth-order valence-corrected chi connectivity index (χ4v) is 3.23. The Balaban J connectivity index is 1.91. The highest BCUT2D eigenvalue weighted by molar-refractivity contribution is 5.81. The van der Waals surface area contributed by atoms with Crippen LogP contribution in [0.15, 0.2) is 30.3 Å². The van der Waals surface area contributed by atoms with Gasteiger partial charge in [0, 0.05) is 25.0 Å². The van der Waals surface area contributed by atoms with Gasteiger partial charge in [0.2, 0.25) is 0 Å². The number of halogens is 3. The van der Waals surface area contributed by atoms with Gasteiger partial charge in [-0.15, -0.1) is 0 Å². The number of piperidine rings is 1. The molecule has 4 rings (SSSR count). The highest BCUT2D eigenvalue weighted by atomic mass is 19.4. The highest BCUT2D eigenvalue weighted by Gasteiger charge is 2.52. The van der Waals surface area contributed by atoms with E-state index in [0.717, 1.165) is 23.4 Å². The molecule has 2 bridgehead atoms. The fourth-order valence-electron chi connectivity index (χ4n) is 3.23. The molecule has 0 spiro atoms. The third-order valence-corrected chi connectivity index (χ3v) is 4.35. The van der Waals surface area contributed by atoms with E-state index in [-0.39, 0.29) is 12.0 Å². The van der Waals surface area contributed by atoms with Gasteiger partial charge in [-0.1, -0.05) is 30.3 Å². The molecule has 0 aliphatic carbocycles. The quantitative estimate of drug-likeness (QED) is 0.790. The van der Waals surface area contributed by atoms with E-state index in [1.807, 2.05) is 30.3 Å². The number of hydrogen-bond donors (Lipinski definition) is 0. The van der Waals surface area contributed by atoms with Crippen LogP contribution in [0.5, 0.6) is 0 Å².